The van der Waals surface area contributed by atoms with Crippen molar-refractivity contribution in [2.45, 2.75) is 32.6 Å². The molecule has 154 valence electrons. The molecule has 0 aliphatic carbocycles. The first-order valence-electron chi connectivity index (χ1n) is 9.49. The van der Waals surface area contributed by atoms with Gasteiger partial charge < -0.3 is 15.4 Å². The molecule has 6 nitrogen and oxygen atoms in total. The summed E-state index contributed by atoms with van der Waals surface area (Å²) in [5.41, 5.74) is 2.16. The molecule has 2 aromatic rings. The molecule has 1 fully saturated rings. The molecule has 1 atom stereocenters. The number of halogens is 2. The van der Waals surface area contributed by atoms with Crippen molar-refractivity contribution in [1.82, 2.24) is 10.3 Å². The maximum absolute atomic E-state index is 12.7. The summed E-state index contributed by atoms with van der Waals surface area (Å²) in [6.45, 7) is 4.89. The predicted octanol–water partition coefficient (Wildman–Crippen LogP) is 4.94. The summed E-state index contributed by atoms with van der Waals surface area (Å²) >= 11 is 12.0. The Morgan fingerprint density at radius 3 is 2.76 bits per heavy atom. The molecule has 1 aliphatic heterocycles. The Balaban J connectivity index is 1.72. The van der Waals surface area contributed by atoms with E-state index in [0.29, 0.717) is 41.0 Å². The number of carbonyl (C=O) groups is 2. The Morgan fingerprint density at radius 2 is 2.07 bits per heavy atom. The molecular weight excluding hydrogens is 413 g/mol. The molecule has 0 radical (unpaired) electrons. The third-order valence-electron chi connectivity index (χ3n) is 4.79. The minimum absolute atomic E-state index is 0.103. The van der Waals surface area contributed by atoms with E-state index in [1.54, 1.807) is 24.4 Å². The van der Waals surface area contributed by atoms with Crippen LogP contribution in [0.3, 0.4) is 0 Å². The van der Waals surface area contributed by atoms with E-state index in [1.165, 1.54) is 0 Å². The molecule has 0 spiro atoms. The number of anilines is 2. The molecule has 2 N–H and O–H groups in total. The number of nitrogens with one attached hydrogen (secondary N) is 2. The number of amides is 1. The average molecular weight is 436 g/mol. The van der Waals surface area contributed by atoms with Crippen LogP contribution in [0.4, 0.5) is 11.5 Å². The first-order valence-corrected chi connectivity index (χ1v) is 10.2. The summed E-state index contributed by atoms with van der Waals surface area (Å²) in [4.78, 5) is 28.5. The van der Waals surface area contributed by atoms with Gasteiger partial charge in [-0.2, -0.15) is 0 Å². The standard InChI is InChI=1S/C21H23Cl2N3O3/c1-12(2)15-9-19(26-14-3-4-17(22)18(23)8-14)24-11-16(15)21(28)25-10-13-5-6-29-20(27)7-13/h3-4,8-9,11-13H,5-7,10H2,1-2H3,(H,24,26)(H,25,28). The number of pyridine rings is 1. The largest absolute Gasteiger partial charge is 0.466 e. The summed E-state index contributed by atoms with van der Waals surface area (Å²) in [5.74, 6) is 0.432. The summed E-state index contributed by atoms with van der Waals surface area (Å²) in [6, 6.07) is 7.09. The second-order valence-electron chi connectivity index (χ2n) is 7.35. The van der Waals surface area contributed by atoms with Gasteiger partial charge in [0.05, 0.1) is 28.6 Å². The van der Waals surface area contributed by atoms with Gasteiger partial charge in [0.25, 0.3) is 5.91 Å². The van der Waals surface area contributed by atoms with Crippen LogP contribution in [0.25, 0.3) is 0 Å². The van der Waals surface area contributed by atoms with Crippen molar-refractivity contribution in [3.8, 4) is 0 Å². The monoisotopic (exact) mass is 435 g/mol. The van der Waals surface area contributed by atoms with Gasteiger partial charge in [-0.15, -0.1) is 0 Å². The molecule has 29 heavy (non-hydrogen) atoms. The molecule has 1 unspecified atom stereocenters. The number of hydrogen-bond donors (Lipinski definition) is 2. The van der Waals surface area contributed by atoms with Crippen molar-refractivity contribution in [3.63, 3.8) is 0 Å². The normalized spacial score (nSPS) is 16.4. The zero-order valence-electron chi connectivity index (χ0n) is 16.3. The highest BCUT2D eigenvalue weighted by Gasteiger charge is 2.22. The highest BCUT2D eigenvalue weighted by molar-refractivity contribution is 6.42. The SMILES string of the molecule is CC(C)c1cc(Nc2ccc(Cl)c(Cl)c2)ncc1C(=O)NCC1CCOC(=O)C1. The average Bonchev–Trinajstić information content (AvgIpc) is 2.69. The van der Waals surface area contributed by atoms with Gasteiger partial charge in [0.2, 0.25) is 0 Å². The van der Waals surface area contributed by atoms with E-state index in [0.717, 1.165) is 17.7 Å². The smallest absolute Gasteiger partial charge is 0.306 e. The molecule has 1 amide bonds. The lowest BCUT2D eigenvalue weighted by atomic mass is 9.97. The number of ether oxygens (including phenoxy) is 1. The third-order valence-corrected chi connectivity index (χ3v) is 5.53. The molecule has 2 heterocycles. The van der Waals surface area contributed by atoms with Crippen molar-refractivity contribution >= 4 is 46.6 Å². The van der Waals surface area contributed by atoms with E-state index >= 15 is 0 Å². The molecular formula is C21H23Cl2N3O3. The zero-order chi connectivity index (χ0) is 21.0. The van der Waals surface area contributed by atoms with Crippen molar-refractivity contribution in [3.05, 3.63) is 51.6 Å². The van der Waals surface area contributed by atoms with E-state index in [-0.39, 0.29) is 23.7 Å². The van der Waals surface area contributed by atoms with Crippen LogP contribution in [0.5, 0.6) is 0 Å². The summed E-state index contributed by atoms with van der Waals surface area (Å²) in [5, 5.41) is 7.04. The van der Waals surface area contributed by atoms with Crippen LogP contribution in [-0.2, 0) is 9.53 Å². The molecule has 8 heteroatoms. The van der Waals surface area contributed by atoms with Crippen molar-refractivity contribution in [2.75, 3.05) is 18.5 Å². The molecule has 3 rings (SSSR count). The van der Waals surface area contributed by atoms with Crippen LogP contribution in [-0.4, -0.2) is 30.0 Å². The zero-order valence-corrected chi connectivity index (χ0v) is 17.8. The maximum Gasteiger partial charge on any atom is 0.306 e. The van der Waals surface area contributed by atoms with Gasteiger partial charge in [0, 0.05) is 18.4 Å². The van der Waals surface area contributed by atoms with E-state index in [4.69, 9.17) is 27.9 Å². The van der Waals surface area contributed by atoms with Crippen molar-refractivity contribution < 1.29 is 14.3 Å². The van der Waals surface area contributed by atoms with Gasteiger partial charge in [0.1, 0.15) is 5.82 Å². The summed E-state index contributed by atoms with van der Waals surface area (Å²) < 4.78 is 4.94. The number of hydrogen-bond acceptors (Lipinski definition) is 5. The van der Waals surface area contributed by atoms with Gasteiger partial charge in [0.15, 0.2) is 0 Å². The van der Waals surface area contributed by atoms with Crippen LogP contribution in [0.15, 0.2) is 30.5 Å². The van der Waals surface area contributed by atoms with E-state index in [1.807, 2.05) is 19.9 Å². The van der Waals surface area contributed by atoms with E-state index < -0.39 is 0 Å². The number of benzene rings is 1. The number of aromatic nitrogens is 1. The number of cyclic esters (lactones) is 1. The van der Waals surface area contributed by atoms with Gasteiger partial charge in [-0.05, 0) is 48.1 Å². The van der Waals surface area contributed by atoms with Crippen LogP contribution in [0.1, 0.15) is 48.5 Å². The number of rotatable bonds is 6. The Morgan fingerprint density at radius 1 is 1.28 bits per heavy atom. The molecule has 0 saturated carbocycles. The predicted molar refractivity (Wildman–Crippen MR) is 114 cm³/mol. The number of nitrogens with zero attached hydrogens (tertiary/aromatic N) is 1. The fraction of sp³-hybridized carbons (Fsp3) is 0.381. The lowest BCUT2D eigenvalue weighted by molar-refractivity contribution is -0.149. The van der Waals surface area contributed by atoms with Gasteiger partial charge in [-0.25, -0.2) is 4.98 Å². The van der Waals surface area contributed by atoms with Crippen LogP contribution in [0, 0.1) is 5.92 Å². The molecule has 0 bridgehead atoms. The van der Waals surface area contributed by atoms with Crippen LogP contribution in [0.2, 0.25) is 10.0 Å². The van der Waals surface area contributed by atoms with E-state index in [2.05, 4.69) is 15.6 Å². The Bertz CT molecular complexity index is 918. The second kappa shape index (κ2) is 9.46. The second-order valence-corrected chi connectivity index (χ2v) is 8.17. The summed E-state index contributed by atoms with van der Waals surface area (Å²) in [6.07, 6.45) is 2.66. The van der Waals surface area contributed by atoms with Crippen LogP contribution >= 0.6 is 23.2 Å². The fourth-order valence-corrected chi connectivity index (χ4v) is 3.47. The lowest BCUT2D eigenvalue weighted by Crippen LogP contribution is -2.34. The third kappa shape index (κ3) is 5.61. The number of esters is 1. The fourth-order valence-electron chi connectivity index (χ4n) is 3.17. The Kier molecular flexibility index (Phi) is 6.98. The van der Waals surface area contributed by atoms with Gasteiger partial charge in [-0.1, -0.05) is 37.0 Å². The molecule has 1 aromatic heterocycles. The van der Waals surface area contributed by atoms with Crippen LogP contribution < -0.4 is 10.6 Å². The minimum atomic E-state index is -0.210. The maximum atomic E-state index is 12.7. The Labute approximate surface area is 179 Å². The molecule has 1 aromatic carbocycles. The minimum Gasteiger partial charge on any atom is -0.466 e. The lowest BCUT2D eigenvalue weighted by Gasteiger charge is -2.22. The van der Waals surface area contributed by atoms with Crippen molar-refractivity contribution in [2.24, 2.45) is 5.92 Å². The van der Waals surface area contributed by atoms with E-state index in [9.17, 15) is 9.59 Å². The summed E-state index contributed by atoms with van der Waals surface area (Å²) in [7, 11) is 0. The molecule has 1 saturated heterocycles. The topological polar surface area (TPSA) is 80.3 Å². The highest BCUT2D eigenvalue weighted by Crippen LogP contribution is 2.28. The molecule has 1 aliphatic rings. The quantitative estimate of drug-likeness (QED) is 0.628. The Hall–Kier alpha value is -2.31. The first-order chi connectivity index (χ1) is 13.8. The van der Waals surface area contributed by atoms with Gasteiger partial charge in [-0.3, -0.25) is 9.59 Å². The number of carbonyl (C=O) groups excluding carboxylic acids is 2. The first kappa shape index (κ1) is 21.4. The highest BCUT2D eigenvalue weighted by atomic mass is 35.5. The van der Waals surface area contributed by atoms with Gasteiger partial charge >= 0.3 is 5.97 Å². The van der Waals surface area contributed by atoms with Crippen molar-refractivity contribution in [1.29, 1.82) is 0 Å².